The molecule has 0 aromatic carbocycles. The van der Waals surface area contributed by atoms with E-state index in [4.69, 9.17) is 9.57 Å². The molecule has 3 atom stereocenters. The summed E-state index contributed by atoms with van der Waals surface area (Å²) in [5.74, 6) is 0.638. The van der Waals surface area contributed by atoms with Gasteiger partial charge in [0.1, 0.15) is 0 Å². The third-order valence-corrected chi connectivity index (χ3v) is 6.76. The number of alkyl halides is 1. The maximum atomic E-state index is 12.5. The predicted octanol–water partition coefficient (Wildman–Crippen LogP) is -0.136. The van der Waals surface area contributed by atoms with Crippen molar-refractivity contribution in [1.82, 2.24) is 10.3 Å². The van der Waals surface area contributed by atoms with Crippen LogP contribution in [-0.4, -0.2) is 35.2 Å². The van der Waals surface area contributed by atoms with Crippen LogP contribution >= 0.6 is 0 Å². The van der Waals surface area contributed by atoms with E-state index in [0.717, 1.165) is 30.1 Å². The van der Waals surface area contributed by atoms with Crippen LogP contribution in [-0.2, 0) is 9.57 Å². The summed E-state index contributed by atoms with van der Waals surface area (Å²) in [6, 6.07) is 0. The third kappa shape index (κ3) is 4.19. The number of allylic oxidation sites excluding steroid dienone is 4. The minimum atomic E-state index is -0.301. The molecule has 0 aromatic rings. The van der Waals surface area contributed by atoms with Crippen molar-refractivity contribution in [2.75, 3.05) is 18.6 Å². The molecule has 0 radical (unpaired) electrons. The molecule has 5 nitrogen and oxygen atoms in total. The normalized spacial score (nSPS) is 30.3. The van der Waals surface area contributed by atoms with Gasteiger partial charge < -0.3 is 0 Å². The molecule has 3 unspecified atom stereocenters. The second-order valence-corrected chi connectivity index (χ2v) is 7.87. The van der Waals surface area contributed by atoms with Gasteiger partial charge in [0.05, 0.1) is 0 Å². The first-order valence-electron chi connectivity index (χ1n) is 7.45. The van der Waals surface area contributed by atoms with E-state index in [1.54, 1.807) is 7.05 Å². The number of hydroxylamine groups is 2. The van der Waals surface area contributed by atoms with E-state index in [-0.39, 0.29) is 33.4 Å². The molecular weight excluding hydrogens is 383 g/mol. The van der Waals surface area contributed by atoms with Crippen LogP contribution in [0, 0.1) is 17.0 Å². The Bertz CT molecular complexity index is 408. The van der Waals surface area contributed by atoms with Crippen LogP contribution in [0.1, 0.15) is 33.1 Å². The standard InChI is InChI=1S/C15H25IN2O3/c1-11-12(2)14(9-8-13(11)16-3)18(19)17(4)21-15-7-5-6-10-20-15/h8-9,11-12,15H,5-7,10H2,1-4H3/q-2. The second-order valence-electron chi connectivity index (χ2n) is 5.55. The van der Waals surface area contributed by atoms with E-state index in [1.165, 1.54) is 8.75 Å². The molecule has 1 fully saturated rings. The Kier molecular flexibility index (Phi) is 6.49. The number of nitrogens with zero attached hydrogens (tertiary/aromatic N) is 2. The Labute approximate surface area is 137 Å². The Morgan fingerprint density at radius 2 is 2.05 bits per heavy atom. The number of ether oxygens (including phenoxy) is 1. The zero-order valence-corrected chi connectivity index (χ0v) is 15.4. The molecule has 1 aliphatic heterocycles. The Hall–Kier alpha value is -0.150. The van der Waals surface area contributed by atoms with Crippen LogP contribution in [0.25, 0.3) is 0 Å². The van der Waals surface area contributed by atoms with E-state index >= 15 is 0 Å². The predicted molar refractivity (Wildman–Crippen MR) is 78.1 cm³/mol. The van der Waals surface area contributed by atoms with Gasteiger partial charge in [0.25, 0.3) is 0 Å². The van der Waals surface area contributed by atoms with Gasteiger partial charge in [-0.05, 0) is 0 Å². The number of halogens is 1. The van der Waals surface area contributed by atoms with Crippen molar-refractivity contribution in [3.63, 3.8) is 0 Å². The van der Waals surface area contributed by atoms with Gasteiger partial charge in [-0.1, -0.05) is 0 Å². The van der Waals surface area contributed by atoms with Crippen molar-refractivity contribution in [1.29, 1.82) is 0 Å². The molecule has 0 saturated carbocycles. The zero-order chi connectivity index (χ0) is 15.4. The fourth-order valence-electron chi connectivity index (χ4n) is 2.61. The van der Waals surface area contributed by atoms with Crippen LogP contribution in [0.2, 0.25) is 0 Å². The first-order chi connectivity index (χ1) is 10.0. The average Bonchev–Trinajstić information content (AvgIpc) is 2.50. The molecule has 0 spiro atoms. The average molecular weight is 408 g/mol. The molecule has 0 bridgehead atoms. The van der Waals surface area contributed by atoms with Gasteiger partial charge in [0, 0.05) is 0 Å². The summed E-state index contributed by atoms with van der Waals surface area (Å²) in [5.41, 5.74) is 0.752. The van der Waals surface area contributed by atoms with Crippen molar-refractivity contribution >= 4 is 0 Å². The van der Waals surface area contributed by atoms with Gasteiger partial charge in [0.2, 0.25) is 0 Å². The number of hydrogen-bond donors (Lipinski definition) is 0. The summed E-state index contributed by atoms with van der Waals surface area (Å²) < 4.78 is 7.01. The van der Waals surface area contributed by atoms with E-state index in [2.05, 4.69) is 24.9 Å². The maximum absolute atomic E-state index is 12.5. The molecule has 122 valence electrons. The van der Waals surface area contributed by atoms with Crippen LogP contribution in [0.5, 0.6) is 0 Å². The summed E-state index contributed by atoms with van der Waals surface area (Å²) in [7, 11) is 1.65. The summed E-state index contributed by atoms with van der Waals surface area (Å²) >= 11 is 0.0802. The summed E-state index contributed by atoms with van der Waals surface area (Å²) in [6.07, 6.45) is 6.75. The van der Waals surface area contributed by atoms with Gasteiger partial charge in [0.15, 0.2) is 0 Å². The molecule has 1 aliphatic carbocycles. The van der Waals surface area contributed by atoms with Crippen LogP contribution < -0.4 is 21.2 Å². The van der Waals surface area contributed by atoms with Crippen molar-refractivity contribution in [2.45, 2.75) is 39.4 Å². The van der Waals surface area contributed by atoms with Crippen molar-refractivity contribution < 1.29 is 30.8 Å². The Morgan fingerprint density at radius 1 is 1.29 bits per heavy atom. The molecule has 2 aliphatic rings. The van der Waals surface area contributed by atoms with Crippen molar-refractivity contribution in [3.05, 3.63) is 26.6 Å². The SMILES string of the molecule is C[I-]C1=CC=C(N([O-])N(C)OC2CCCCO2)C(C)C1C. The quantitative estimate of drug-likeness (QED) is 0.360. The summed E-state index contributed by atoms with van der Waals surface area (Å²) in [5, 5.41) is 14.6. The topological polar surface area (TPSA) is 48.0 Å². The molecule has 0 N–H and O–H groups in total. The van der Waals surface area contributed by atoms with E-state index < -0.39 is 0 Å². The van der Waals surface area contributed by atoms with Gasteiger partial charge in [-0.3, -0.25) is 0 Å². The van der Waals surface area contributed by atoms with Crippen LogP contribution in [0.4, 0.5) is 0 Å². The molecular formula is C15H25IN2O3-2. The van der Waals surface area contributed by atoms with Crippen molar-refractivity contribution in [2.24, 2.45) is 11.8 Å². The Morgan fingerprint density at radius 3 is 2.67 bits per heavy atom. The molecule has 2 rings (SSSR count). The number of rotatable bonds is 5. The zero-order valence-electron chi connectivity index (χ0n) is 13.2. The summed E-state index contributed by atoms with van der Waals surface area (Å²) in [4.78, 5) is 7.87. The molecule has 0 aromatic heterocycles. The van der Waals surface area contributed by atoms with Gasteiger partial charge >= 0.3 is 138 Å². The second kappa shape index (κ2) is 7.92. The van der Waals surface area contributed by atoms with Gasteiger partial charge in [-0.25, -0.2) is 0 Å². The van der Waals surface area contributed by atoms with Crippen molar-refractivity contribution in [3.8, 4) is 0 Å². The first-order valence-corrected chi connectivity index (χ1v) is 10.7. The molecule has 1 saturated heterocycles. The third-order valence-electron chi connectivity index (χ3n) is 4.17. The summed E-state index contributed by atoms with van der Waals surface area (Å²) in [6.45, 7) is 5.02. The number of hydrazine groups is 1. The van der Waals surface area contributed by atoms with E-state index in [0.29, 0.717) is 12.5 Å². The van der Waals surface area contributed by atoms with E-state index in [1.807, 2.05) is 6.08 Å². The molecule has 1 heterocycles. The molecule has 6 heteroatoms. The fraction of sp³-hybridized carbons (Fsp3) is 0.733. The Balaban J connectivity index is 1.99. The minimum absolute atomic E-state index is 0.0802. The van der Waals surface area contributed by atoms with E-state index in [9.17, 15) is 5.21 Å². The fourth-order valence-corrected chi connectivity index (χ4v) is 4.67. The van der Waals surface area contributed by atoms with Gasteiger partial charge in [-0.15, -0.1) is 0 Å². The molecule has 0 amide bonds. The molecule has 21 heavy (non-hydrogen) atoms. The van der Waals surface area contributed by atoms with Gasteiger partial charge in [-0.2, -0.15) is 0 Å². The number of hydrogen-bond acceptors (Lipinski definition) is 5. The monoisotopic (exact) mass is 408 g/mol. The van der Waals surface area contributed by atoms with Crippen LogP contribution in [0.3, 0.4) is 0 Å². The first kappa shape index (κ1) is 17.2. The van der Waals surface area contributed by atoms with Crippen LogP contribution in [0.15, 0.2) is 21.4 Å².